The molecule has 1 saturated heterocycles. The van der Waals surface area contributed by atoms with Crippen LogP contribution in [0.4, 0.5) is 4.39 Å². The van der Waals surface area contributed by atoms with Gasteiger partial charge >= 0.3 is 0 Å². The van der Waals surface area contributed by atoms with Crippen LogP contribution in [0.2, 0.25) is 0 Å². The predicted molar refractivity (Wildman–Crippen MR) is 125 cm³/mol. The first kappa shape index (κ1) is 23.7. The summed E-state index contributed by atoms with van der Waals surface area (Å²) >= 11 is 1.46. The van der Waals surface area contributed by atoms with E-state index in [0.29, 0.717) is 11.1 Å². The number of aromatic nitrogens is 2. The number of hydrogen-bond acceptors (Lipinski definition) is 6. The number of likely N-dealkylation sites (tertiary alicyclic amines) is 1. The predicted octanol–water partition coefficient (Wildman–Crippen LogP) is 3.79. The fourth-order valence-corrected chi connectivity index (χ4v) is 5.11. The Kier molecular flexibility index (Phi) is 6.56. The number of hydrogen-bond donors (Lipinski definition) is 0. The highest BCUT2D eigenvalue weighted by atomic mass is 32.1. The first-order chi connectivity index (χ1) is 16.2. The quantitative estimate of drug-likeness (QED) is 0.481. The van der Waals surface area contributed by atoms with Crippen molar-refractivity contribution in [3.05, 3.63) is 81.8 Å². The summed E-state index contributed by atoms with van der Waals surface area (Å²) in [7, 11) is 1.65. The zero-order valence-electron chi connectivity index (χ0n) is 19.2. The summed E-state index contributed by atoms with van der Waals surface area (Å²) in [4.78, 5) is 51.4. The number of aryl methyl sites for hydroxylation is 1. The lowest BCUT2D eigenvalue weighted by molar-refractivity contribution is -0.143. The molecule has 9 heteroatoms. The summed E-state index contributed by atoms with van der Waals surface area (Å²) in [6, 6.07) is 8.78. The molecule has 0 aliphatic carbocycles. The first-order valence-electron chi connectivity index (χ1n) is 10.9. The van der Waals surface area contributed by atoms with Gasteiger partial charge in [-0.1, -0.05) is 18.2 Å². The van der Waals surface area contributed by atoms with Crippen molar-refractivity contribution >= 4 is 29.1 Å². The summed E-state index contributed by atoms with van der Waals surface area (Å²) in [5.74, 6) is -1.77. The molecule has 1 fully saturated rings. The second-order valence-corrected chi connectivity index (χ2v) is 9.49. The van der Waals surface area contributed by atoms with E-state index in [0.717, 1.165) is 15.6 Å². The Labute approximate surface area is 201 Å². The monoisotopic (exact) mass is 480 g/mol. The lowest BCUT2D eigenvalue weighted by atomic mass is 9.75. The number of halogens is 1. The van der Waals surface area contributed by atoms with Gasteiger partial charge in [0, 0.05) is 43.4 Å². The summed E-state index contributed by atoms with van der Waals surface area (Å²) in [6.45, 7) is 3.79. The van der Waals surface area contributed by atoms with E-state index in [1.807, 2.05) is 19.2 Å². The fourth-order valence-electron chi connectivity index (χ4n) is 4.22. The Hall–Kier alpha value is -3.46. The summed E-state index contributed by atoms with van der Waals surface area (Å²) in [5, 5.41) is 2.69. The Morgan fingerprint density at radius 2 is 2.09 bits per heavy atom. The van der Waals surface area contributed by atoms with Gasteiger partial charge in [0.05, 0.1) is 18.0 Å². The maximum absolute atomic E-state index is 14.2. The van der Waals surface area contributed by atoms with Crippen LogP contribution >= 0.6 is 11.3 Å². The molecule has 34 heavy (non-hydrogen) atoms. The molecule has 3 amide bonds. The molecular formula is C25H25FN4O3S. The van der Waals surface area contributed by atoms with Crippen LogP contribution in [0.3, 0.4) is 0 Å². The number of rotatable bonds is 7. The Balaban J connectivity index is 1.66. The molecule has 0 saturated carbocycles. The topological polar surface area (TPSA) is 83.5 Å². The van der Waals surface area contributed by atoms with Gasteiger partial charge in [-0.3, -0.25) is 24.3 Å². The van der Waals surface area contributed by atoms with E-state index in [9.17, 15) is 18.8 Å². The van der Waals surface area contributed by atoms with Gasteiger partial charge in [0.1, 0.15) is 10.8 Å². The van der Waals surface area contributed by atoms with Crippen LogP contribution in [-0.2, 0) is 26.3 Å². The zero-order chi connectivity index (χ0) is 24.5. The molecular weight excluding hydrogens is 455 g/mol. The van der Waals surface area contributed by atoms with Gasteiger partial charge in [-0.05, 0) is 43.2 Å². The van der Waals surface area contributed by atoms with Gasteiger partial charge in [0.2, 0.25) is 17.7 Å². The van der Waals surface area contributed by atoms with Crippen LogP contribution in [0.15, 0.2) is 54.2 Å². The van der Waals surface area contributed by atoms with Crippen molar-refractivity contribution in [3.8, 4) is 0 Å². The Morgan fingerprint density at radius 3 is 2.74 bits per heavy atom. The van der Waals surface area contributed by atoms with Crippen molar-refractivity contribution in [2.75, 3.05) is 7.05 Å². The number of pyridine rings is 1. The van der Waals surface area contributed by atoms with E-state index < -0.39 is 23.0 Å². The van der Waals surface area contributed by atoms with Crippen LogP contribution in [0.25, 0.3) is 0 Å². The third kappa shape index (κ3) is 4.48. The molecule has 1 aromatic carbocycles. The molecule has 0 spiro atoms. The van der Waals surface area contributed by atoms with E-state index in [-0.39, 0.29) is 31.3 Å². The molecule has 4 rings (SSSR count). The zero-order valence-corrected chi connectivity index (χ0v) is 20.0. The third-order valence-electron chi connectivity index (χ3n) is 6.27. The normalized spacial score (nSPS) is 18.9. The molecule has 0 bridgehead atoms. The lowest BCUT2D eigenvalue weighted by Gasteiger charge is -2.31. The smallest absolute Gasteiger partial charge is 0.241 e. The Morgan fingerprint density at radius 1 is 1.29 bits per heavy atom. The van der Waals surface area contributed by atoms with Crippen LogP contribution in [0, 0.1) is 12.7 Å². The largest absolute Gasteiger partial charge is 0.337 e. The van der Waals surface area contributed by atoms with Crippen molar-refractivity contribution in [2.45, 2.75) is 44.7 Å². The van der Waals surface area contributed by atoms with E-state index in [1.165, 1.54) is 34.4 Å². The third-order valence-corrected chi connectivity index (χ3v) is 7.40. The highest BCUT2D eigenvalue weighted by molar-refractivity contribution is 7.09. The molecule has 3 heterocycles. The minimum absolute atomic E-state index is 0.0431. The van der Waals surface area contributed by atoms with Gasteiger partial charge < -0.3 is 4.90 Å². The van der Waals surface area contributed by atoms with Crippen molar-refractivity contribution in [3.63, 3.8) is 0 Å². The average molecular weight is 481 g/mol. The molecule has 1 aliphatic heterocycles. The van der Waals surface area contributed by atoms with Gasteiger partial charge in [-0.15, -0.1) is 11.3 Å². The van der Waals surface area contributed by atoms with E-state index >= 15 is 0 Å². The van der Waals surface area contributed by atoms with Crippen LogP contribution in [0.1, 0.15) is 47.6 Å². The highest BCUT2D eigenvalue weighted by Crippen LogP contribution is 2.41. The molecule has 2 aromatic heterocycles. The molecule has 7 nitrogen and oxygen atoms in total. The number of nitrogens with zero attached hydrogens (tertiary/aromatic N) is 4. The van der Waals surface area contributed by atoms with Gasteiger partial charge in [-0.25, -0.2) is 9.37 Å². The number of benzene rings is 1. The average Bonchev–Trinajstić information content (AvgIpc) is 3.36. The molecule has 3 aromatic rings. The van der Waals surface area contributed by atoms with E-state index in [4.69, 9.17) is 0 Å². The maximum atomic E-state index is 14.2. The van der Waals surface area contributed by atoms with Crippen molar-refractivity contribution in [1.29, 1.82) is 0 Å². The van der Waals surface area contributed by atoms with E-state index in [2.05, 4.69) is 9.97 Å². The molecule has 1 aliphatic rings. The number of carbonyl (C=O) groups is 3. The first-order valence-corrected chi connectivity index (χ1v) is 11.8. The minimum Gasteiger partial charge on any atom is -0.337 e. The molecule has 176 valence electrons. The second kappa shape index (κ2) is 9.42. The molecule has 0 radical (unpaired) electrons. The van der Waals surface area contributed by atoms with Crippen LogP contribution < -0.4 is 0 Å². The maximum Gasteiger partial charge on any atom is 0.241 e. The summed E-state index contributed by atoms with van der Waals surface area (Å²) < 4.78 is 14.2. The van der Waals surface area contributed by atoms with Crippen molar-refractivity contribution in [2.24, 2.45) is 0 Å². The number of imide groups is 1. The van der Waals surface area contributed by atoms with Crippen molar-refractivity contribution < 1.29 is 18.8 Å². The summed E-state index contributed by atoms with van der Waals surface area (Å²) in [6.07, 6.45) is 2.72. The number of amides is 3. The van der Waals surface area contributed by atoms with Gasteiger partial charge in [-0.2, -0.15) is 0 Å². The SMILES string of the molecule is Cc1csc([C@H](C)N(C)C(=O)C[C@@]2(c3cccc(F)c3)CC(=O)N(Cc3cccnc3)C2=O)n1. The minimum atomic E-state index is -1.48. The van der Waals surface area contributed by atoms with E-state index in [1.54, 1.807) is 37.6 Å². The number of carbonyl (C=O) groups excluding carboxylic acids is 3. The lowest BCUT2D eigenvalue weighted by Crippen LogP contribution is -2.43. The molecule has 2 atom stereocenters. The van der Waals surface area contributed by atoms with Crippen molar-refractivity contribution in [1.82, 2.24) is 19.8 Å². The van der Waals surface area contributed by atoms with Gasteiger partial charge in [0.25, 0.3) is 0 Å². The van der Waals surface area contributed by atoms with Gasteiger partial charge in [0.15, 0.2) is 0 Å². The fraction of sp³-hybridized carbons (Fsp3) is 0.320. The highest BCUT2D eigenvalue weighted by Gasteiger charge is 2.54. The van der Waals surface area contributed by atoms with Crippen LogP contribution in [-0.4, -0.2) is 44.5 Å². The molecule has 0 unspecified atom stereocenters. The standard InChI is InChI=1S/C25H25FN4O3S/c1-16-15-34-23(28-16)17(2)29(3)21(31)11-25(19-7-4-8-20(26)10-19)12-22(32)30(24(25)33)14-18-6-5-9-27-13-18/h4-10,13,15,17H,11-12,14H2,1-3H3/t17-,25-/m0/s1. The second-order valence-electron chi connectivity index (χ2n) is 8.60. The summed E-state index contributed by atoms with van der Waals surface area (Å²) in [5.41, 5.74) is 0.395. The molecule has 0 N–H and O–H groups in total. The number of thiazole rings is 1. The Bertz CT molecular complexity index is 1230. The van der Waals surface area contributed by atoms with Crippen LogP contribution in [0.5, 0.6) is 0 Å².